The highest BCUT2D eigenvalue weighted by atomic mass is 32.2. The highest BCUT2D eigenvalue weighted by molar-refractivity contribution is 7.98. The molecule has 3 rings (SSSR count). The Morgan fingerprint density at radius 1 is 1.14 bits per heavy atom. The molecule has 0 fully saturated rings. The minimum atomic E-state index is -0.314. The minimum absolute atomic E-state index is 0.314. The number of fused-ring (bicyclic) bond motifs is 1. The first-order valence-electron chi connectivity index (χ1n) is 7.07. The van der Waals surface area contributed by atoms with Crippen LogP contribution in [-0.2, 0) is 13.2 Å². The summed E-state index contributed by atoms with van der Waals surface area (Å²) in [7, 11) is 2.00. The van der Waals surface area contributed by atoms with E-state index in [1.165, 1.54) is 10.5 Å². The maximum Gasteiger partial charge on any atom is 0.421 e. The number of hydrogen-bond donors (Lipinski definition) is 0. The van der Waals surface area contributed by atoms with Crippen LogP contribution >= 0.6 is 11.8 Å². The van der Waals surface area contributed by atoms with Crippen LogP contribution in [0.15, 0.2) is 62.6 Å². The molecule has 0 aliphatic rings. The fourth-order valence-electron chi connectivity index (χ4n) is 2.48. The molecule has 5 heteroatoms. The molecule has 0 aliphatic heterocycles. The molecule has 0 bridgehead atoms. The normalized spacial score (nSPS) is 11.4. The van der Waals surface area contributed by atoms with E-state index >= 15 is 0 Å². The molecule has 0 radical (unpaired) electrons. The van der Waals surface area contributed by atoms with Gasteiger partial charge < -0.3 is 4.42 Å². The van der Waals surface area contributed by atoms with Crippen LogP contribution in [0.4, 0.5) is 0 Å². The van der Waals surface area contributed by atoms with Gasteiger partial charge in [-0.05, 0) is 43.1 Å². The molecule has 2 aromatic carbocycles. The van der Waals surface area contributed by atoms with Crippen LogP contribution in [0, 0.1) is 0 Å². The summed E-state index contributed by atoms with van der Waals surface area (Å²) in [4.78, 5) is 15.3. The van der Waals surface area contributed by atoms with Crippen molar-refractivity contribution in [1.29, 1.82) is 0 Å². The number of para-hydroxylation sites is 2. The van der Waals surface area contributed by atoms with Crippen LogP contribution in [0.25, 0.3) is 11.1 Å². The summed E-state index contributed by atoms with van der Waals surface area (Å²) in [5.74, 6) is -0.314. The van der Waals surface area contributed by atoms with Crippen LogP contribution in [-0.4, -0.2) is 22.8 Å². The largest absolute Gasteiger partial charge is 0.421 e. The van der Waals surface area contributed by atoms with Crippen molar-refractivity contribution in [3.8, 4) is 0 Å². The molecule has 0 N–H and O–H groups in total. The lowest BCUT2D eigenvalue weighted by Gasteiger charge is -2.17. The number of hydrogen-bond acceptors (Lipinski definition) is 4. The molecule has 0 atom stereocenters. The Bertz CT molecular complexity index is 821. The lowest BCUT2D eigenvalue weighted by molar-refractivity contribution is 0.253. The number of aromatic nitrogens is 1. The van der Waals surface area contributed by atoms with Gasteiger partial charge in [0.1, 0.15) is 0 Å². The average molecular weight is 314 g/mol. The molecule has 22 heavy (non-hydrogen) atoms. The number of rotatable bonds is 5. The second-order valence-corrected chi connectivity index (χ2v) is 6.15. The maximum atomic E-state index is 12.0. The first kappa shape index (κ1) is 14.9. The lowest BCUT2D eigenvalue weighted by Crippen LogP contribution is -2.27. The molecule has 114 valence electrons. The van der Waals surface area contributed by atoms with Gasteiger partial charge >= 0.3 is 5.76 Å². The molecule has 0 aliphatic carbocycles. The van der Waals surface area contributed by atoms with Crippen molar-refractivity contribution >= 4 is 22.9 Å². The fraction of sp³-hybridized carbons (Fsp3) is 0.235. The van der Waals surface area contributed by atoms with E-state index in [9.17, 15) is 4.79 Å². The fourth-order valence-corrected chi connectivity index (χ4v) is 2.89. The second-order valence-electron chi connectivity index (χ2n) is 5.27. The highest BCUT2D eigenvalue weighted by Crippen LogP contribution is 2.16. The molecule has 0 saturated heterocycles. The van der Waals surface area contributed by atoms with Crippen molar-refractivity contribution in [2.75, 3.05) is 13.3 Å². The van der Waals surface area contributed by atoms with Gasteiger partial charge in [-0.2, -0.15) is 0 Å². The van der Waals surface area contributed by atoms with Gasteiger partial charge in [0.05, 0.1) is 12.2 Å². The van der Waals surface area contributed by atoms with Gasteiger partial charge in [0.2, 0.25) is 0 Å². The molecule has 0 saturated carbocycles. The Balaban J connectivity index is 1.76. The monoisotopic (exact) mass is 314 g/mol. The third-order valence-electron chi connectivity index (χ3n) is 3.57. The molecule has 3 aromatic rings. The molecule has 0 spiro atoms. The summed E-state index contributed by atoms with van der Waals surface area (Å²) in [5.41, 5.74) is 2.68. The molecule has 0 amide bonds. The Morgan fingerprint density at radius 2 is 1.86 bits per heavy atom. The van der Waals surface area contributed by atoms with Crippen LogP contribution in [0.5, 0.6) is 0 Å². The summed E-state index contributed by atoms with van der Waals surface area (Å²) >= 11 is 1.73. The summed E-state index contributed by atoms with van der Waals surface area (Å²) < 4.78 is 6.92. The first-order chi connectivity index (χ1) is 10.7. The third-order valence-corrected chi connectivity index (χ3v) is 4.31. The van der Waals surface area contributed by atoms with Gasteiger partial charge in [0, 0.05) is 11.4 Å². The standard InChI is InChI=1S/C17H18N2O2S/c1-18(11-13-7-9-14(22-2)10-8-13)12-19-15-5-3-4-6-16(15)21-17(19)20/h3-10H,11-12H2,1-2H3. The van der Waals surface area contributed by atoms with Gasteiger partial charge in [-0.15, -0.1) is 11.8 Å². The van der Waals surface area contributed by atoms with E-state index in [1.54, 1.807) is 16.3 Å². The minimum Gasteiger partial charge on any atom is -0.408 e. The Kier molecular flexibility index (Phi) is 4.36. The van der Waals surface area contributed by atoms with Gasteiger partial charge in [0.15, 0.2) is 5.58 Å². The molecule has 0 unspecified atom stereocenters. The van der Waals surface area contributed by atoms with Crippen molar-refractivity contribution in [3.63, 3.8) is 0 Å². The van der Waals surface area contributed by atoms with E-state index in [4.69, 9.17) is 4.42 Å². The maximum absolute atomic E-state index is 12.0. The van der Waals surface area contributed by atoms with E-state index < -0.39 is 0 Å². The molecule has 1 heterocycles. The quantitative estimate of drug-likeness (QED) is 0.677. The van der Waals surface area contributed by atoms with Crippen LogP contribution in [0.3, 0.4) is 0 Å². The second kappa shape index (κ2) is 6.42. The topological polar surface area (TPSA) is 38.4 Å². The zero-order valence-electron chi connectivity index (χ0n) is 12.7. The average Bonchev–Trinajstić information content (AvgIpc) is 2.84. The number of oxazole rings is 1. The van der Waals surface area contributed by atoms with Gasteiger partial charge in [-0.1, -0.05) is 24.3 Å². The van der Waals surface area contributed by atoms with Crippen LogP contribution in [0.2, 0.25) is 0 Å². The van der Waals surface area contributed by atoms with Gasteiger partial charge in [-0.3, -0.25) is 9.47 Å². The molecular formula is C17H18N2O2S. The van der Waals surface area contributed by atoms with E-state index in [0.29, 0.717) is 12.3 Å². The van der Waals surface area contributed by atoms with Crippen molar-refractivity contribution in [2.24, 2.45) is 0 Å². The number of thioether (sulfide) groups is 1. The first-order valence-corrected chi connectivity index (χ1v) is 8.29. The zero-order chi connectivity index (χ0) is 15.5. The highest BCUT2D eigenvalue weighted by Gasteiger charge is 2.10. The van der Waals surface area contributed by atoms with E-state index in [-0.39, 0.29) is 5.76 Å². The third kappa shape index (κ3) is 3.10. The predicted octanol–water partition coefficient (Wildman–Crippen LogP) is 3.41. The molecule has 1 aromatic heterocycles. The van der Waals surface area contributed by atoms with E-state index in [2.05, 4.69) is 35.4 Å². The van der Waals surface area contributed by atoms with Gasteiger partial charge in [0.25, 0.3) is 0 Å². The van der Waals surface area contributed by atoms with E-state index in [0.717, 1.165) is 12.1 Å². The predicted molar refractivity (Wildman–Crippen MR) is 90.2 cm³/mol. The Hall–Kier alpha value is -1.98. The van der Waals surface area contributed by atoms with Crippen molar-refractivity contribution in [3.05, 3.63) is 64.6 Å². The smallest absolute Gasteiger partial charge is 0.408 e. The molecule has 4 nitrogen and oxygen atoms in total. The Morgan fingerprint density at radius 3 is 2.59 bits per heavy atom. The zero-order valence-corrected chi connectivity index (χ0v) is 13.5. The molecular weight excluding hydrogens is 296 g/mol. The van der Waals surface area contributed by atoms with Crippen molar-refractivity contribution in [2.45, 2.75) is 18.1 Å². The lowest BCUT2D eigenvalue weighted by atomic mass is 10.2. The van der Waals surface area contributed by atoms with Gasteiger partial charge in [-0.25, -0.2) is 4.79 Å². The van der Waals surface area contributed by atoms with Crippen molar-refractivity contribution < 1.29 is 4.42 Å². The summed E-state index contributed by atoms with van der Waals surface area (Å²) in [6.07, 6.45) is 2.07. The summed E-state index contributed by atoms with van der Waals surface area (Å²) in [6.45, 7) is 1.28. The number of benzene rings is 2. The summed E-state index contributed by atoms with van der Waals surface area (Å²) in [5, 5.41) is 0. The van der Waals surface area contributed by atoms with E-state index in [1.807, 2.05) is 31.3 Å². The SMILES string of the molecule is CSc1ccc(CN(C)Cn2c(=O)oc3ccccc32)cc1. The summed E-state index contributed by atoms with van der Waals surface area (Å²) in [6, 6.07) is 16.0. The van der Waals surface area contributed by atoms with Crippen LogP contribution in [0.1, 0.15) is 5.56 Å². The van der Waals surface area contributed by atoms with Crippen molar-refractivity contribution in [1.82, 2.24) is 9.47 Å². The number of nitrogens with zero attached hydrogens (tertiary/aromatic N) is 2. The van der Waals surface area contributed by atoms with Crippen LogP contribution < -0.4 is 5.76 Å². The Labute approximate surface area is 133 Å².